The summed E-state index contributed by atoms with van der Waals surface area (Å²) in [6.45, 7) is 1.55. The number of pyridine rings is 1. The van der Waals surface area contributed by atoms with Crippen molar-refractivity contribution in [1.82, 2.24) is 19.0 Å². The fraction of sp³-hybridized carbons (Fsp3) is 0.250. The molecule has 4 heterocycles. The van der Waals surface area contributed by atoms with Gasteiger partial charge in [0, 0.05) is 34.7 Å². The topological polar surface area (TPSA) is 108 Å². The summed E-state index contributed by atoms with van der Waals surface area (Å²) in [5, 5.41) is 2.85. The summed E-state index contributed by atoms with van der Waals surface area (Å²) in [7, 11) is 3.71. The number of anilines is 1. The molecule has 1 fully saturated rings. The van der Waals surface area contributed by atoms with E-state index in [0.717, 1.165) is 22.3 Å². The largest absolute Gasteiger partial charge is 0.477 e. The summed E-state index contributed by atoms with van der Waals surface area (Å²) >= 11 is 1.19. The lowest BCUT2D eigenvalue weighted by molar-refractivity contribution is -0.105. The number of nitrogens with zero attached hydrogens (tertiary/aromatic N) is 4. The zero-order valence-electron chi connectivity index (χ0n) is 24.5. The second-order valence-electron chi connectivity index (χ2n) is 10.9. The zero-order chi connectivity index (χ0) is 31.7. The molecule has 232 valence electrons. The Morgan fingerprint density at radius 3 is 2.40 bits per heavy atom. The van der Waals surface area contributed by atoms with Crippen LogP contribution in [0.1, 0.15) is 11.1 Å². The van der Waals surface area contributed by atoms with E-state index in [2.05, 4.69) is 10.3 Å². The molecule has 13 heteroatoms. The molecule has 45 heavy (non-hydrogen) atoms. The molecule has 1 aliphatic rings. The number of thiophene rings is 1. The van der Waals surface area contributed by atoms with Crippen molar-refractivity contribution < 1.29 is 23.0 Å². The van der Waals surface area contributed by atoms with E-state index in [0.29, 0.717) is 54.8 Å². The molecule has 10 nitrogen and oxygen atoms in total. The Morgan fingerprint density at radius 1 is 1.07 bits per heavy atom. The number of nitrogens with one attached hydrogen (secondary N) is 1. The molecule has 0 spiro atoms. The molecule has 0 unspecified atom stereocenters. The van der Waals surface area contributed by atoms with Gasteiger partial charge in [-0.05, 0) is 55.6 Å². The van der Waals surface area contributed by atoms with Gasteiger partial charge in [0.2, 0.25) is 12.3 Å². The quantitative estimate of drug-likeness (QED) is 0.217. The maximum absolute atomic E-state index is 14.9. The van der Waals surface area contributed by atoms with Crippen molar-refractivity contribution in [2.75, 3.05) is 39.2 Å². The zero-order valence-corrected chi connectivity index (χ0v) is 25.3. The van der Waals surface area contributed by atoms with Crippen molar-refractivity contribution in [2.45, 2.75) is 13.1 Å². The standard InChI is InChI=1S/C32H29F2N5O5S/c1-37(2)13-24-28-30(41)39(22-10-11-27(35-12-22)44-17-19-15-43-16-19)32(42)38(14-23-25(33)4-3-5-26(23)34)31(28)45-29(24)20-6-8-21(9-7-20)36-18-40/h3-12,18-19H,13-17H2,1-2H3,(H,36,40). The van der Waals surface area contributed by atoms with Gasteiger partial charge in [0.05, 0.1) is 43.6 Å². The van der Waals surface area contributed by atoms with E-state index in [4.69, 9.17) is 9.47 Å². The summed E-state index contributed by atoms with van der Waals surface area (Å²) in [6.07, 6.45) is 1.94. The number of carbonyl (C=O) groups excluding carboxylic acids is 1. The predicted octanol–water partition coefficient (Wildman–Crippen LogP) is 4.26. The molecular formula is C32H29F2N5O5S. The van der Waals surface area contributed by atoms with E-state index >= 15 is 0 Å². The minimum absolute atomic E-state index is 0.182. The van der Waals surface area contributed by atoms with Gasteiger partial charge in [-0.25, -0.2) is 23.1 Å². The van der Waals surface area contributed by atoms with Gasteiger partial charge in [-0.1, -0.05) is 18.2 Å². The average Bonchev–Trinajstić information content (AvgIpc) is 3.35. The lowest BCUT2D eigenvalue weighted by Gasteiger charge is -2.25. The highest BCUT2D eigenvalue weighted by Crippen LogP contribution is 2.38. The lowest BCUT2D eigenvalue weighted by atomic mass is 10.1. The number of hydrogen-bond acceptors (Lipinski definition) is 8. The third-order valence-corrected chi connectivity index (χ3v) is 8.75. The van der Waals surface area contributed by atoms with E-state index in [-0.39, 0.29) is 27.4 Å². The number of carbonyl (C=O) groups is 1. The van der Waals surface area contributed by atoms with Crippen LogP contribution in [0, 0.1) is 17.6 Å². The summed E-state index contributed by atoms with van der Waals surface area (Å²) in [6, 6.07) is 13.7. The molecule has 1 amide bonds. The Kier molecular flexibility index (Phi) is 8.57. The predicted molar refractivity (Wildman–Crippen MR) is 167 cm³/mol. The van der Waals surface area contributed by atoms with Crippen molar-refractivity contribution in [2.24, 2.45) is 5.92 Å². The monoisotopic (exact) mass is 633 g/mol. The van der Waals surface area contributed by atoms with Gasteiger partial charge >= 0.3 is 5.69 Å². The number of halogens is 2. The van der Waals surface area contributed by atoms with E-state index in [1.165, 1.54) is 28.2 Å². The number of rotatable bonds is 11. The van der Waals surface area contributed by atoms with E-state index < -0.39 is 29.4 Å². The number of aromatic nitrogens is 3. The van der Waals surface area contributed by atoms with Gasteiger partial charge in [-0.3, -0.25) is 14.2 Å². The maximum atomic E-state index is 14.9. The second kappa shape index (κ2) is 12.7. The molecule has 0 bridgehead atoms. The summed E-state index contributed by atoms with van der Waals surface area (Å²) in [5.41, 5.74) is 0.495. The molecule has 3 aromatic heterocycles. The van der Waals surface area contributed by atoms with E-state index in [9.17, 15) is 23.2 Å². The molecule has 1 saturated heterocycles. The van der Waals surface area contributed by atoms with Gasteiger partial charge in [0.25, 0.3) is 5.56 Å². The van der Waals surface area contributed by atoms with Gasteiger partial charge in [0.1, 0.15) is 16.5 Å². The van der Waals surface area contributed by atoms with Crippen LogP contribution >= 0.6 is 11.3 Å². The van der Waals surface area contributed by atoms with E-state index in [1.54, 1.807) is 36.4 Å². The van der Waals surface area contributed by atoms with Crippen molar-refractivity contribution in [3.05, 3.63) is 104 Å². The first kappa shape index (κ1) is 30.3. The third-order valence-electron chi connectivity index (χ3n) is 7.45. The van der Waals surface area contributed by atoms with Crippen LogP contribution in [0.5, 0.6) is 5.88 Å². The lowest BCUT2D eigenvalue weighted by Crippen LogP contribution is -2.39. The number of ether oxygens (including phenoxy) is 2. The average molecular weight is 634 g/mol. The second-order valence-corrected chi connectivity index (χ2v) is 11.9. The van der Waals surface area contributed by atoms with E-state index in [1.807, 2.05) is 19.0 Å². The third kappa shape index (κ3) is 6.01. The first-order valence-electron chi connectivity index (χ1n) is 14.1. The van der Waals surface area contributed by atoms with Crippen molar-refractivity contribution >= 4 is 33.7 Å². The highest BCUT2D eigenvalue weighted by atomic mass is 32.1. The van der Waals surface area contributed by atoms with Gasteiger partial charge < -0.3 is 19.7 Å². The fourth-order valence-electron chi connectivity index (χ4n) is 5.14. The first-order valence-corrected chi connectivity index (χ1v) is 14.9. The van der Waals surface area contributed by atoms with Crippen LogP contribution < -0.4 is 21.3 Å². The molecule has 5 aromatic rings. The first-order chi connectivity index (χ1) is 21.7. The van der Waals surface area contributed by atoms with Crippen molar-refractivity contribution in [3.63, 3.8) is 0 Å². The highest BCUT2D eigenvalue weighted by molar-refractivity contribution is 7.22. The molecule has 0 radical (unpaired) electrons. The SMILES string of the molecule is CN(C)Cc1c(-c2ccc(NC=O)cc2)sc2c1c(=O)n(-c1ccc(OCC3COC3)nc1)c(=O)n2Cc1c(F)cccc1F. The van der Waals surface area contributed by atoms with Crippen LogP contribution in [0.15, 0.2) is 70.4 Å². The molecule has 0 saturated carbocycles. The summed E-state index contributed by atoms with van der Waals surface area (Å²) < 4.78 is 42.9. The molecule has 0 atom stereocenters. The minimum atomic E-state index is -0.809. The number of fused-ring (bicyclic) bond motifs is 1. The van der Waals surface area contributed by atoms with Crippen LogP contribution in [0.25, 0.3) is 26.3 Å². The normalized spacial score (nSPS) is 13.3. The number of amides is 1. The fourth-order valence-corrected chi connectivity index (χ4v) is 6.44. The van der Waals surface area contributed by atoms with Crippen LogP contribution in [0.3, 0.4) is 0 Å². The van der Waals surface area contributed by atoms with Crippen molar-refractivity contribution in [1.29, 1.82) is 0 Å². The summed E-state index contributed by atoms with van der Waals surface area (Å²) in [4.78, 5) is 46.5. The van der Waals surface area contributed by atoms with Gasteiger partial charge in [0.15, 0.2) is 0 Å². The Bertz CT molecular complexity index is 1960. The molecular weight excluding hydrogens is 604 g/mol. The smallest absolute Gasteiger partial charge is 0.337 e. The molecule has 1 N–H and O–H groups in total. The maximum Gasteiger partial charge on any atom is 0.337 e. The molecule has 2 aromatic carbocycles. The van der Waals surface area contributed by atoms with Crippen LogP contribution in [0.2, 0.25) is 0 Å². The van der Waals surface area contributed by atoms with Gasteiger partial charge in [-0.15, -0.1) is 11.3 Å². The Labute approximate surface area is 260 Å². The Balaban J connectivity index is 1.56. The molecule has 0 aliphatic carbocycles. The van der Waals surface area contributed by atoms with Crippen LogP contribution in [-0.4, -0.2) is 59.3 Å². The van der Waals surface area contributed by atoms with Crippen LogP contribution in [-0.2, 0) is 22.6 Å². The molecule has 6 rings (SSSR count). The van der Waals surface area contributed by atoms with Crippen molar-refractivity contribution in [3.8, 4) is 22.0 Å². The number of hydrogen-bond donors (Lipinski definition) is 1. The number of benzene rings is 2. The minimum Gasteiger partial charge on any atom is -0.477 e. The summed E-state index contributed by atoms with van der Waals surface area (Å²) in [5.74, 6) is -1.01. The van der Waals surface area contributed by atoms with Gasteiger partial charge in [-0.2, -0.15) is 0 Å². The Hall–Kier alpha value is -4.72. The highest BCUT2D eigenvalue weighted by Gasteiger charge is 2.25. The van der Waals surface area contributed by atoms with Crippen LogP contribution in [0.4, 0.5) is 14.5 Å². The molecule has 1 aliphatic heterocycles. The Morgan fingerprint density at radius 2 is 1.80 bits per heavy atom.